The van der Waals surface area contributed by atoms with Gasteiger partial charge in [0.25, 0.3) is 0 Å². The molecule has 0 aliphatic carbocycles. The van der Waals surface area contributed by atoms with E-state index in [9.17, 15) is 9.18 Å². The van der Waals surface area contributed by atoms with Crippen LogP contribution in [0.1, 0.15) is 5.56 Å². The second kappa shape index (κ2) is 6.04. The van der Waals surface area contributed by atoms with Crippen molar-refractivity contribution in [2.75, 3.05) is 18.7 Å². The first-order chi connectivity index (χ1) is 8.58. The van der Waals surface area contributed by atoms with Gasteiger partial charge in [-0.25, -0.2) is 4.39 Å². The Morgan fingerprint density at radius 3 is 3.11 bits per heavy atom. The molecule has 1 aliphatic rings. The number of thioether (sulfide) groups is 1. The van der Waals surface area contributed by atoms with Gasteiger partial charge < -0.3 is 4.90 Å². The van der Waals surface area contributed by atoms with Crippen molar-refractivity contribution < 1.29 is 9.18 Å². The molecule has 1 N–H and O–H groups in total. The zero-order valence-corrected chi connectivity index (χ0v) is 12.4. The minimum atomic E-state index is -0.286. The molecule has 0 aromatic heterocycles. The molecule has 1 heterocycles. The Balaban J connectivity index is 2.03. The summed E-state index contributed by atoms with van der Waals surface area (Å²) < 4.78 is 14.4. The average Bonchev–Trinajstić information content (AvgIpc) is 2.86. The molecule has 3 nitrogen and oxygen atoms in total. The van der Waals surface area contributed by atoms with Gasteiger partial charge in [0.1, 0.15) is 5.82 Å². The summed E-state index contributed by atoms with van der Waals surface area (Å²) in [5.74, 6) is 1.31. The molecule has 1 atom stereocenters. The summed E-state index contributed by atoms with van der Waals surface area (Å²) in [7, 11) is 1.70. The fourth-order valence-corrected chi connectivity index (χ4v) is 3.16. The molecule has 1 fully saturated rings. The first kappa shape index (κ1) is 13.8. The summed E-state index contributed by atoms with van der Waals surface area (Å²) in [6, 6.07) is 4.61. The van der Waals surface area contributed by atoms with Gasteiger partial charge in [0.2, 0.25) is 5.91 Å². The van der Waals surface area contributed by atoms with Crippen molar-refractivity contribution in [3.63, 3.8) is 0 Å². The molecule has 0 spiro atoms. The first-order valence-electron chi connectivity index (χ1n) is 5.58. The van der Waals surface area contributed by atoms with Crippen LogP contribution in [0.2, 0.25) is 0 Å². The molecule has 0 radical (unpaired) electrons. The number of likely N-dealkylation sites (N-methyl/N-ethyl adjacent to an activating group) is 1. The number of nitrogens with one attached hydrogen (secondary N) is 1. The molecule has 2 rings (SSSR count). The maximum absolute atomic E-state index is 13.6. The van der Waals surface area contributed by atoms with Crippen LogP contribution >= 0.6 is 27.7 Å². The number of rotatable bonds is 3. The summed E-state index contributed by atoms with van der Waals surface area (Å²) in [6.45, 7) is 0.285. The van der Waals surface area contributed by atoms with Crippen LogP contribution in [0.25, 0.3) is 0 Å². The maximum Gasteiger partial charge on any atom is 0.240 e. The van der Waals surface area contributed by atoms with E-state index < -0.39 is 0 Å². The van der Waals surface area contributed by atoms with E-state index in [0.29, 0.717) is 5.56 Å². The standard InChI is InChI=1S/C12H14BrFN2OS/c1-16(12(17)11-6-18-7-15-11)5-8-4-9(13)2-3-10(8)14/h2-4,11,15H,5-7H2,1H3/t11-/m1/s1. The van der Waals surface area contributed by atoms with E-state index in [1.54, 1.807) is 35.8 Å². The zero-order valence-electron chi connectivity index (χ0n) is 9.95. The lowest BCUT2D eigenvalue weighted by Crippen LogP contribution is -2.42. The normalized spacial score (nSPS) is 18.9. The van der Waals surface area contributed by atoms with E-state index in [-0.39, 0.29) is 24.3 Å². The lowest BCUT2D eigenvalue weighted by molar-refractivity contribution is -0.131. The van der Waals surface area contributed by atoms with E-state index in [1.165, 1.54) is 6.07 Å². The van der Waals surface area contributed by atoms with Gasteiger partial charge >= 0.3 is 0 Å². The Kier molecular flexibility index (Phi) is 4.64. The van der Waals surface area contributed by atoms with Gasteiger partial charge in [0, 0.05) is 35.3 Å². The third-order valence-electron chi connectivity index (χ3n) is 2.81. The van der Waals surface area contributed by atoms with E-state index in [0.717, 1.165) is 16.1 Å². The third kappa shape index (κ3) is 3.24. The van der Waals surface area contributed by atoms with Gasteiger partial charge in [0.05, 0.1) is 6.04 Å². The van der Waals surface area contributed by atoms with Crippen molar-refractivity contribution in [1.29, 1.82) is 0 Å². The Bertz CT molecular complexity index is 452. The molecule has 1 aromatic rings. The van der Waals surface area contributed by atoms with Gasteiger partial charge in [-0.2, -0.15) is 0 Å². The summed E-state index contributed by atoms with van der Waals surface area (Å²) in [5, 5.41) is 3.12. The van der Waals surface area contributed by atoms with Crippen LogP contribution in [0.5, 0.6) is 0 Å². The van der Waals surface area contributed by atoms with Crippen LogP contribution in [0.4, 0.5) is 4.39 Å². The summed E-state index contributed by atoms with van der Waals surface area (Å²) in [6.07, 6.45) is 0. The van der Waals surface area contributed by atoms with Gasteiger partial charge in [-0.15, -0.1) is 11.8 Å². The first-order valence-corrected chi connectivity index (χ1v) is 7.52. The number of benzene rings is 1. The molecule has 6 heteroatoms. The fraction of sp³-hybridized carbons (Fsp3) is 0.417. The molecule has 0 saturated carbocycles. The summed E-state index contributed by atoms with van der Waals surface area (Å²) in [5.41, 5.74) is 0.519. The Hall–Kier alpha value is -0.590. The van der Waals surface area contributed by atoms with Gasteiger partial charge in [-0.1, -0.05) is 15.9 Å². The number of amides is 1. The van der Waals surface area contributed by atoms with Gasteiger partial charge in [-0.05, 0) is 18.2 Å². The smallest absolute Gasteiger partial charge is 0.240 e. The van der Waals surface area contributed by atoms with E-state index in [4.69, 9.17) is 0 Å². The van der Waals surface area contributed by atoms with Gasteiger partial charge in [0.15, 0.2) is 0 Å². The molecule has 1 aliphatic heterocycles. The van der Waals surface area contributed by atoms with Crippen LogP contribution < -0.4 is 5.32 Å². The van der Waals surface area contributed by atoms with E-state index in [1.807, 2.05) is 0 Å². The molecule has 0 unspecified atom stereocenters. The minimum Gasteiger partial charge on any atom is -0.340 e. The lowest BCUT2D eigenvalue weighted by Gasteiger charge is -2.21. The fourth-order valence-electron chi connectivity index (χ4n) is 1.82. The Morgan fingerprint density at radius 1 is 1.67 bits per heavy atom. The lowest BCUT2D eigenvalue weighted by atomic mass is 10.2. The predicted octanol–water partition coefficient (Wildman–Crippen LogP) is 2.21. The minimum absolute atomic E-state index is 0.0133. The molecule has 1 aromatic carbocycles. The predicted molar refractivity (Wildman–Crippen MR) is 74.8 cm³/mol. The van der Waals surface area contributed by atoms with Crippen molar-refractivity contribution in [2.24, 2.45) is 0 Å². The molecule has 0 bridgehead atoms. The van der Waals surface area contributed by atoms with E-state index >= 15 is 0 Å². The van der Waals surface area contributed by atoms with Gasteiger partial charge in [-0.3, -0.25) is 10.1 Å². The maximum atomic E-state index is 13.6. The van der Waals surface area contributed by atoms with Crippen molar-refractivity contribution >= 4 is 33.6 Å². The Morgan fingerprint density at radius 2 is 2.44 bits per heavy atom. The highest BCUT2D eigenvalue weighted by atomic mass is 79.9. The quantitative estimate of drug-likeness (QED) is 0.921. The molecule has 1 saturated heterocycles. The number of nitrogens with zero attached hydrogens (tertiary/aromatic N) is 1. The van der Waals surface area contributed by atoms with Crippen molar-refractivity contribution in [3.05, 3.63) is 34.1 Å². The highest BCUT2D eigenvalue weighted by molar-refractivity contribution is 9.10. The monoisotopic (exact) mass is 332 g/mol. The largest absolute Gasteiger partial charge is 0.340 e. The Labute approximate surface area is 118 Å². The number of carbonyl (C=O) groups is 1. The van der Waals surface area contributed by atoms with Crippen LogP contribution in [0, 0.1) is 5.82 Å². The molecule has 98 valence electrons. The summed E-state index contributed by atoms with van der Waals surface area (Å²) in [4.78, 5) is 13.6. The second-order valence-electron chi connectivity index (χ2n) is 4.20. The van der Waals surface area contributed by atoms with E-state index in [2.05, 4.69) is 21.2 Å². The average molecular weight is 333 g/mol. The number of halogens is 2. The highest BCUT2D eigenvalue weighted by Crippen LogP contribution is 2.18. The van der Waals surface area contributed by atoms with Crippen molar-refractivity contribution in [2.45, 2.75) is 12.6 Å². The molecular weight excluding hydrogens is 319 g/mol. The third-order valence-corrected chi connectivity index (χ3v) is 4.24. The second-order valence-corrected chi connectivity index (χ2v) is 6.15. The number of carbonyl (C=O) groups excluding carboxylic acids is 1. The van der Waals surface area contributed by atoms with Crippen LogP contribution in [-0.4, -0.2) is 35.5 Å². The van der Waals surface area contributed by atoms with Crippen LogP contribution in [0.15, 0.2) is 22.7 Å². The number of hydrogen-bond donors (Lipinski definition) is 1. The number of hydrogen-bond acceptors (Lipinski definition) is 3. The SMILES string of the molecule is CN(Cc1cc(Br)ccc1F)C(=O)[C@H]1CSCN1. The van der Waals surface area contributed by atoms with Crippen LogP contribution in [0.3, 0.4) is 0 Å². The summed E-state index contributed by atoms with van der Waals surface area (Å²) >= 11 is 5.00. The van der Waals surface area contributed by atoms with Crippen molar-refractivity contribution in [1.82, 2.24) is 10.2 Å². The topological polar surface area (TPSA) is 32.3 Å². The molecule has 18 heavy (non-hydrogen) atoms. The molecule has 1 amide bonds. The van der Waals surface area contributed by atoms with Crippen molar-refractivity contribution in [3.8, 4) is 0 Å². The molecular formula is C12H14BrFN2OS. The van der Waals surface area contributed by atoms with Crippen LogP contribution in [-0.2, 0) is 11.3 Å². The zero-order chi connectivity index (χ0) is 13.1. The highest BCUT2D eigenvalue weighted by Gasteiger charge is 2.25.